The zero-order valence-electron chi connectivity index (χ0n) is 5.88. The number of halogens is 3. The van der Waals surface area contributed by atoms with Crippen molar-refractivity contribution in [2.75, 3.05) is 0 Å². The molecule has 0 radical (unpaired) electrons. The summed E-state index contributed by atoms with van der Waals surface area (Å²) in [5, 5.41) is 0.206. The minimum atomic E-state index is -2.81. The molecule has 0 aliphatic heterocycles. The van der Waals surface area contributed by atoms with E-state index >= 15 is 0 Å². The smallest absolute Gasteiger partial charge is 0.315 e. The van der Waals surface area contributed by atoms with E-state index in [2.05, 4.69) is 14.7 Å². The molecular weight excluding hydrogens is 190 g/mol. The second-order valence-electron chi connectivity index (χ2n) is 1.87. The lowest BCUT2D eigenvalue weighted by Gasteiger charge is -2.00. The summed E-state index contributed by atoms with van der Waals surface area (Å²) in [6.45, 7) is -3.15. The van der Waals surface area contributed by atoms with Gasteiger partial charge >= 0.3 is 6.61 Å². The van der Waals surface area contributed by atoms with Gasteiger partial charge in [0, 0.05) is 6.20 Å². The second kappa shape index (κ2) is 4.27. The van der Waals surface area contributed by atoms with Crippen LogP contribution in [0.25, 0.3) is 0 Å². The molecule has 0 aromatic carbocycles. The van der Waals surface area contributed by atoms with Crippen molar-refractivity contribution in [2.45, 2.75) is 13.2 Å². The number of hydrogen-bond acceptors (Lipinski definition) is 3. The molecule has 0 amide bonds. The molecule has 0 fully saturated rings. The van der Waals surface area contributed by atoms with Gasteiger partial charge in [0.2, 0.25) is 0 Å². The molecule has 0 aliphatic rings. The maximum absolute atomic E-state index is 11.5. The Labute approximate surface area is 72.3 Å². The topological polar surface area (TPSA) is 35.0 Å². The average molecular weight is 195 g/mol. The Hall–Kier alpha value is -0.810. The number of nitrogens with zero attached hydrogens (tertiary/aromatic N) is 2. The fourth-order valence-electron chi connectivity index (χ4n) is 0.581. The first-order valence-corrected chi connectivity index (χ1v) is 3.43. The van der Waals surface area contributed by atoms with E-state index in [0.29, 0.717) is 0 Å². The first-order chi connectivity index (χ1) is 5.68. The SMILES string of the molecule is FC(F)OCc1nccc(Cl)n1. The quantitative estimate of drug-likeness (QED) is 0.689. The first-order valence-electron chi connectivity index (χ1n) is 3.05. The lowest BCUT2D eigenvalue weighted by Crippen LogP contribution is -2.02. The van der Waals surface area contributed by atoms with Crippen molar-refractivity contribution in [3.05, 3.63) is 23.2 Å². The molecule has 0 unspecified atom stereocenters. The van der Waals surface area contributed by atoms with Crippen LogP contribution >= 0.6 is 11.6 Å². The Morgan fingerprint density at radius 2 is 2.33 bits per heavy atom. The van der Waals surface area contributed by atoms with Crippen molar-refractivity contribution in [3.8, 4) is 0 Å². The molecule has 0 bridgehead atoms. The van der Waals surface area contributed by atoms with Gasteiger partial charge in [-0.2, -0.15) is 8.78 Å². The molecular formula is C6H5ClF2N2O. The van der Waals surface area contributed by atoms with Crippen LogP contribution in [0.2, 0.25) is 5.15 Å². The molecule has 1 aromatic heterocycles. The van der Waals surface area contributed by atoms with Gasteiger partial charge in [-0.3, -0.25) is 0 Å². The number of ether oxygens (including phenoxy) is 1. The fourth-order valence-corrected chi connectivity index (χ4v) is 0.735. The van der Waals surface area contributed by atoms with Crippen molar-refractivity contribution >= 4 is 11.6 Å². The molecule has 0 atom stereocenters. The number of alkyl halides is 2. The van der Waals surface area contributed by atoms with Crippen LogP contribution in [0, 0.1) is 0 Å². The molecule has 3 nitrogen and oxygen atoms in total. The molecule has 0 spiro atoms. The van der Waals surface area contributed by atoms with Crippen LogP contribution < -0.4 is 0 Å². The summed E-state index contributed by atoms with van der Waals surface area (Å²) in [4.78, 5) is 7.30. The van der Waals surface area contributed by atoms with Gasteiger partial charge < -0.3 is 4.74 Å². The van der Waals surface area contributed by atoms with Crippen LogP contribution in [-0.2, 0) is 11.3 Å². The molecule has 6 heteroatoms. The Kier molecular flexibility index (Phi) is 3.31. The van der Waals surface area contributed by atoms with Gasteiger partial charge in [0.25, 0.3) is 0 Å². The first kappa shape index (κ1) is 9.28. The summed E-state index contributed by atoms with van der Waals surface area (Å²) in [7, 11) is 0. The van der Waals surface area contributed by atoms with Crippen molar-refractivity contribution in [1.82, 2.24) is 9.97 Å². The van der Waals surface area contributed by atoms with Gasteiger partial charge in [-0.05, 0) is 6.07 Å². The maximum atomic E-state index is 11.5. The number of rotatable bonds is 3. The van der Waals surface area contributed by atoms with E-state index in [1.54, 1.807) is 0 Å². The molecule has 0 aliphatic carbocycles. The summed E-state index contributed by atoms with van der Waals surface area (Å²) in [5.74, 6) is 0.141. The van der Waals surface area contributed by atoms with Crippen molar-refractivity contribution in [2.24, 2.45) is 0 Å². The Morgan fingerprint density at radius 1 is 1.58 bits per heavy atom. The second-order valence-corrected chi connectivity index (χ2v) is 2.25. The van der Waals surface area contributed by atoms with Crippen molar-refractivity contribution in [3.63, 3.8) is 0 Å². The lowest BCUT2D eigenvalue weighted by atomic mass is 10.6. The van der Waals surface area contributed by atoms with E-state index in [1.165, 1.54) is 12.3 Å². The van der Waals surface area contributed by atoms with E-state index in [9.17, 15) is 8.78 Å². The lowest BCUT2D eigenvalue weighted by molar-refractivity contribution is -0.138. The van der Waals surface area contributed by atoms with Crippen LogP contribution in [0.1, 0.15) is 5.82 Å². The van der Waals surface area contributed by atoms with E-state index in [0.717, 1.165) is 0 Å². The van der Waals surface area contributed by atoms with Crippen molar-refractivity contribution in [1.29, 1.82) is 0 Å². The normalized spacial score (nSPS) is 10.7. The summed E-state index contributed by atoms with van der Waals surface area (Å²) in [6, 6.07) is 1.45. The molecule has 12 heavy (non-hydrogen) atoms. The summed E-state index contributed by atoms with van der Waals surface area (Å²) < 4.78 is 27.0. The van der Waals surface area contributed by atoms with E-state index < -0.39 is 6.61 Å². The van der Waals surface area contributed by atoms with E-state index in [-0.39, 0.29) is 17.6 Å². The molecule has 66 valence electrons. The Morgan fingerprint density at radius 3 is 2.92 bits per heavy atom. The van der Waals surface area contributed by atoms with Crippen LogP contribution in [-0.4, -0.2) is 16.6 Å². The standard InChI is InChI=1S/C6H5ClF2N2O/c7-4-1-2-10-5(11-4)3-12-6(8)9/h1-2,6H,3H2. The average Bonchev–Trinajstić information content (AvgIpc) is 2.01. The molecule has 0 saturated heterocycles. The van der Waals surface area contributed by atoms with Gasteiger partial charge in [0.05, 0.1) is 0 Å². The van der Waals surface area contributed by atoms with Gasteiger partial charge in [-0.15, -0.1) is 0 Å². The van der Waals surface area contributed by atoms with Crippen LogP contribution in [0.3, 0.4) is 0 Å². The van der Waals surface area contributed by atoms with Gasteiger partial charge in [-0.25, -0.2) is 9.97 Å². The minimum Gasteiger partial charge on any atom is -0.315 e. The summed E-state index contributed by atoms with van der Waals surface area (Å²) in [5.41, 5.74) is 0. The van der Waals surface area contributed by atoms with Gasteiger partial charge in [-0.1, -0.05) is 11.6 Å². The van der Waals surface area contributed by atoms with Gasteiger partial charge in [0.1, 0.15) is 11.8 Å². The third-order valence-corrected chi connectivity index (χ3v) is 1.22. The minimum absolute atomic E-state index is 0.141. The molecule has 0 saturated carbocycles. The largest absolute Gasteiger partial charge is 0.345 e. The van der Waals surface area contributed by atoms with Crippen LogP contribution in [0.15, 0.2) is 12.3 Å². The Balaban J connectivity index is 2.52. The summed E-state index contributed by atoms with van der Waals surface area (Å²) >= 11 is 5.47. The predicted molar refractivity (Wildman–Crippen MR) is 37.8 cm³/mol. The Bertz CT molecular complexity index is 259. The highest BCUT2D eigenvalue weighted by atomic mass is 35.5. The molecule has 1 rings (SSSR count). The molecule has 0 N–H and O–H groups in total. The fraction of sp³-hybridized carbons (Fsp3) is 0.333. The van der Waals surface area contributed by atoms with Crippen LogP contribution in [0.5, 0.6) is 0 Å². The highest BCUT2D eigenvalue weighted by molar-refractivity contribution is 6.29. The molecule has 1 heterocycles. The monoisotopic (exact) mass is 194 g/mol. The van der Waals surface area contributed by atoms with E-state index in [1.807, 2.05) is 0 Å². The van der Waals surface area contributed by atoms with Crippen molar-refractivity contribution < 1.29 is 13.5 Å². The molecule has 1 aromatic rings. The van der Waals surface area contributed by atoms with Crippen LogP contribution in [0.4, 0.5) is 8.78 Å². The predicted octanol–water partition coefficient (Wildman–Crippen LogP) is 1.87. The zero-order valence-corrected chi connectivity index (χ0v) is 6.63. The number of aromatic nitrogens is 2. The summed E-state index contributed by atoms with van der Waals surface area (Å²) in [6.07, 6.45) is 1.37. The maximum Gasteiger partial charge on any atom is 0.345 e. The van der Waals surface area contributed by atoms with Gasteiger partial charge in [0.15, 0.2) is 5.82 Å². The number of hydrogen-bond donors (Lipinski definition) is 0. The highest BCUT2D eigenvalue weighted by Crippen LogP contribution is 2.04. The van der Waals surface area contributed by atoms with E-state index in [4.69, 9.17) is 11.6 Å². The third kappa shape index (κ3) is 3.06. The highest BCUT2D eigenvalue weighted by Gasteiger charge is 2.04. The third-order valence-electron chi connectivity index (χ3n) is 1.01. The zero-order chi connectivity index (χ0) is 8.97.